The molecule has 2 aromatic rings. The van der Waals surface area contributed by atoms with E-state index in [4.69, 9.17) is 4.74 Å². The van der Waals surface area contributed by atoms with Crippen molar-refractivity contribution in [3.63, 3.8) is 0 Å². The maximum atomic E-state index is 5.19. The number of imidazole rings is 2. The van der Waals surface area contributed by atoms with E-state index in [1.165, 1.54) is 11.6 Å². The molecule has 0 N–H and O–H groups in total. The molecule has 0 spiro atoms. The van der Waals surface area contributed by atoms with Crippen LogP contribution in [-0.4, -0.2) is 22.9 Å². The molecule has 0 aliphatic carbocycles. The zero-order valence-electron chi connectivity index (χ0n) is 12.3. The SMILES string of the molecule is CCCn1cc[n+](C)c1-c1n(CCOC)cc[n+]1C. The van der Waals surface area contributed by atoms with Crippen molar-refractivity contribution in [2.75, 3.05) is 13.7 Å². The maximum absolute atomic E-state index is 5.19. The number of ether oxygens (including phenoxy) is 1. The molecule has 0 radical (unpaired) electrons. The molecule has 5 heteroatoms. The van der Waals surface area contributed by atoms with Crippen LogP contribution in [0.5, 0.6) is 0 Å². The molecule has 19 heavy (non-hydrogen) atoms. The van der Waals surface area contributed by atoms with Gasteiger partial charge in [0.05, 0.1) is 27.2 Å². The molecular formula is C14H24N4O+2. The van der Waals surface area contributed by atoms with Crippen LogP contribution < -0.4 is 9.13 Å². The molecule has 0 saturated carbocycles. The summed E-state index contributed by atoms with van der Waals surface area (Å²) in [6, 6.07) is 0. The molecule has 0 aliphatic rings. The summed E-state index contributed by atoms with van der Waals surface area (Å²) in [6.45, 7) is 4.82. The Balaban J connectivity index is 2.45. The highest BCUT2D eigenvalue weighted by Crippen LogP contribution is 2.12. The summed E-state index contributed by atoms with van der Waals surface area (Å²) in [6.07, 6.45) is 9.58. The van der Waals surface area contributed by atoms with Gasteiger partial charge in [-0.3, -0.25) is 0 Å². The largest absolute Gasteiger partial charge is 0.381 e. The fraction of sp³-hybridized carbons (Fsp3) is 0.571. The van der Waals surface area contributed by atoms with Crippen molar-refractivity contribution in [1.82, 2.24) is 9.13 Å². The third-order valence-electron chi connectivity index (χ3n) is 3.35. The molecule has 0 saturated heterocycles. The van der Waals surface area contributed by atoms with Gasteiger partial charge in [-0.1, -0.05) is 6.92 Å². The van der Waals surface area contributed by atoms with Crippen LogP contribution in [0.3, 0.4) is 0 Å². The summed E-state index contributed by atoms with van der Waals surface area (Å²) in [7, 11) is 5.92. The Morgan fingerprint density at radius 1 is 1.00 bits per heavy atom. The summed E-state index contributed by atoms with van der Waals surface area (Å²) in [4.78, 5) is 0. The van der Waals surface area contributed by atoms with Crippen LogP contribution in [0.2, 0.25) is 0 Å². The van der Waals surface area contributed by atoms with E-state index in [2.05, 4.69) is 64.1 Å². The molecule has 0 bridgehead atoms. The van der Waals surface area contributed by atoms with Crippen molar-refractivity contribution in [3.8, 4) is 11.6 Å². The van der Waals surface area contributed by atoms with Gasteiger partial charge >= 0.3 is 11.6 Å². The lowest BCUT2D eigenvalue weighted by atomic mass is 10.4. The van der Waals surface area contributed by atoms with Crippen molar-refractivity contribution < 1.29 is 13.9 Å². The fourth-order valence-electron chi connectivity index (χ4n) is 2.41. The second-order valence-electron chi connectivity index (χ2n) is 4.84. The zero-order chi connectivity index (χ0) is 13.8. The van der Waals surface area contributed by atoms with Crippen LogP contribution in [-0.2, 0) is 31.9 Å². The summed E-state index contributed by atoms with van der Waals surface area (Å²) < 4.78 is 14.1. The molecule has 0 aliphatic heterocycles. The Labute approximate surface area is 114 Å². The molecule has 0 fully saturated rings. The first-order chi connectivity index (χ1) is 9.19. The van der Waals surface area contributed by atoms with Crippen LogP contribution in [0.25, 0.3) is 11.6 Å². The Hall–Kier alpha value is -1.62. The van der Waals surface area contributed by atoms with Gasteiger partial charge in [0.15, 0.2) is 0 Å². The number of aromatic nitrogens is 4. The maximum Gasteiger partial charge on any atom is 0.373 e. The van der Waals surface area contributed by atoms with E-state index in [1.54, 1.807) is 7.11 Å². The Morgan fingerprint density at radius 2 is 1.53 bits per heavy atom. The average molecular weight is 264 g/mol. The fourth-order valence-corrected chi connectivity index (χ4v) is 2.41. The van der Waals surface area contributed by atoms with Gasteiger partial charge in [0.25, 0.3) is 0 Å². The second-order valence-corrected chi connectivity index (χ2v) is 4.84. The molecule has 0 amide bonds. The highest BCUT2D eigenvalue weighted by atomic mass is 16.5. The van der Waals surface area contributed by atoms with E-state index in [0.717, 1.165) is 26.1 Å². The van der Waals surface area contributed by atoms with Crippen molar-refractivity contribution in [1.29, 1.82) is 0 Å². The normalized spacial score (nSPS) is 11.2. The number of hydrogen-bond acceptors (Lipinski definition) is 1. The van der Waals surface area contributed by atoms with Gasteiger partial charge in [-0.2, -0.15) is 0 Å². The van der Waals surface area contributed by atoms with Gasteiger partial charge in [-0.15, -0.1) is 0 Å². The molecule has 2 aromatic heterocycles. The summed E-state index contributed by atoms with van der Waals surface area (Å²) in [5, 5.41) is 0. The van der Waals surface area contributed by atoms with E-state index in [0.29, 0.717) is 0 Å². The molecule has 2 rings (SSSR count). The molecule has 0 atom stereocenters. The molecular weight excluding hydrogens is 240 g/mol. The predicted molar refractivity (Wildman–Crippen MR) is 72.4 cm³/mol. The van der Waals surface area contributed by atoms with Gasteiger partial charge in [-0.25, -0.2) is 18.3 Å². The monoisotopic (exact) mass is 264 g/mol. The van der Waals surface area contributed by atoms with E-state index in [1.807, 2.05) is 0 Å². The molecule has 0 aromatic carbocycles. The standard InChI is InChI=1S/C14H24N4O/c1-5-6-17-9-7-15(2)13(17)14-16(3)8-10-18(14)11-12-19-4/h7-10H,5-6,11-12H2,1-4H3/q+2. The minimum absolute atomic E-state index is 0.722. The second kappa shape index (κ2) is 6.02. The van der Waals surface area contributed by atoms with Crippen LogP contribution in [0.15, 0.2) is 24.8 Å². The van der Waals surface area contributed by atoms with Crippen molar-refractivity contribution in [3.05, 3.63) is 24.8 Å². The third-order valence-corrected chi connectivity index (χ3v) is 3.35. The Morgan fingerprint density at radius 3 is 2.00 bits per heavy atom. The van der Waals surface area contributed by atoms with Gasteiger partial charge in [0.1, 0.15) is 31.3 Å². The highest BCUT2D eigenvalue weighted by Gasteiger charge is 2.29. The van der Waals surface area contributed by atoms with Crippen LogP contribution in [0, 0.1) is 0 Å². The first-order valence-electron chi connectivity index (χ1n) is 6.77. The van der Waals surface area contributed by atoms with Crippen LogP contribution >= 0.6 is 0 Å². The van der Waals surface area contributed by atoms with E-state index >= 15 is 0 Å². The topological polar surface area (TPSA) is 26.8 Å². The van der Waals surface area contributed by atoms with Crippen LogP contribution in [0.4, 0.5) is 0 Å². The lowest BCUT2D eigenvalue weighted by Crippen LogP contribution is -2.38. The van der Waals surface area contributed by atoms with Crippen LogP contribution in [0.1, 0.15) is 13.3 Å². The molecule has 104 valence electrons. The lowest BCUT2D eigenvalue weighted by molar-refractivity contribution is -0.690. The third kappa shape index (κ3) is 2.71. The van der Waals surface area contributed by atoms with Crippen molar-refractivity contribution in [2.24, 2.45) is 14.1 Å². The van der Waals surface area contributed by atoms with E-state index in [-0.39, 0.29) is 0 Å². The highest BCUT2D eigenvalue weighted by molar-refractivity contribution is 5.36. The number of rotatable bonds is 6. The number of aryl methyl sites for hydroxylation is 3. The van der Waals surface area contributed by atoms with E-state index in [9.17, 15) is 0 Å². The number of nitrogens with zero attached hydrogens (tertiary/aromatic N) is 4. The lowest BCUT2D eigenvalue weighted by Gasteiger charge is -2.02. The predicted octanol–water partition coefficient (Wildman–Crippen LogP) is 0.662. The smallest absolute Gasteiger partial charge is 0.373 e. The van der Waals surface area contributed by atoms with Gasteiger partial charge < -0.3 is 4.74 Å². The number of methoxy groups -OCH3 is 1. The Bertz CT molecular complexity index is 542. The summed E-state index contributed by atoms with van der Waals surface area (Å²) in [5.74, 6) is 2.43. The average Bonchev–Trinajstić information content (AvgIpc) is 2.91. The van der Waals surface area contributed by atoms with Gasteiger partial charge in [0, 0.05) is 7.11 Å². The summed E-state index contributed by atoms with van der Waals surface area (Å²) >= 11 is 0. The first kappa shape index (κ1) is 13.8. The minimum atomic E-state index is 0.722. The van der Waals surface area contributed by atoms with E-state index < -0.39 is 0 Å². The molecule has 0 unspecified atom stereocenters. The first-order valence-corrected chi connectivity index (χ1v) is 6.77. The number of hydrogen-bond donors (Lipinski definition) is 0. The quantitative estimate of drug-likeness (QED) is 0.704. The zero-order valence-corrected chi connectivity index (χ0v) is 12.3. The van der Waals surface area contributed by atoms with Gasteiger partial charge in [-0.05, 0) is 6.42 Å². The minimum Gasteiger partial charge on any atom is -0.381 e. The van der Waals surface area contributed by atoms with Crippen molar-refractivity contribution >= 4 is 0 Å². The molecule has 5 nitrogen and oxygen atoms in total. The molecule has 2 heterocycles. The summed E-state index contributed by atoms with van der Waals surface area (Å²) in [5.41, 5.74) is 0. The Kier molecular flexibility index (Phi) is 4.37. The van der Waals surface area contributed by atoms with Gasteiger partial charge in [0.2, 0.25) is 0 Å². The van der Waals surface area contributed by atoms with Crippen molar-refractivity contribution in [2.45, 2.75) is 26.4 Å².